The van der Waals surface area contributed by atoms with Crippen LogP contribution in [0.2, 0.25) is 0 Å². The van der Waals surface area contributed by atoms with Crippen molar-refractivity contribution in [3.8, 4) is 0 Å². The molecule has 0 N–H and O–H groups in total. The summed E-state index contributed by atoms with van der Waals surface area (Å²) in [4.78, 5) is 0. The Kier molecular flexibility index (Phi) is 34.0. The van der Waals surface area contributed by atoms with Gasteiger partial charge in [-0.05, 0) is 142 Å². The number of rotatable bonds is 30. The highest BCUT2D eigenvalue weighted by atomic mass is 14.3. The lowest BCUT2D eigenvalue weighted by Gasteiger charge is -2.28. The van der Waals surface area contributed by atoms with Gasteiger partial charge in [-0.15, -0.1) is 0 Å². The molecule has 0 bridgehead atoms. The minimum atomic E-state index is 0. The molecule has 0 spiro atoms. The Labute approximate surface area is 351 Å². The lowest BCUT2D eigenvalue weighted by atomic mass is 9.78. The molecule has 0 aromatic rings. The van der Waals surface area contributed by atoms with Crippen molar-refractivity contribution in [2.24, 2.45) is 71.0 Å². The summed E-state index contributed by atoms with van der Waals surface area (Å²) in [6.07, 6.45) is 46.7. The summed E-state index contributed by atoms with van der Waals surface area (Å²) < 4.78 is 0. The summed E-state index contributed by atoms with van der Waals surface area (Å²) in [5, 5.41) is 0. The van der Waals surface area contributed by atoms with Crippen molar-refractivity contribution in [1.29, 1.82) is 0 Å². The van der Waals surface area contributed by atoms with Gasteiger partial charge in [0, 0.05) is 0 Å². The molecule has 0 amide bonds. The highest BCUT2D eigenvalue weighted by Crippen LogP contribution is 2.33. The van der Waals surface area contributed by atoms with Crippen LogP contribution in [0.5, 0.6) is 0 Å². The fraction of sp³-hybridized carbons (Fsp3) is 0.927. The van der Waals surface area contributed by atoms with Gasteiger partial charge in [-0.25, -0.2) is 0 Å². The highest BCUT2D eigenvalue weighted by molar-refractivity contribution is 4.92. The van der Waals surface area contributed by atoms with Crippen molar-refractivity contribution >= 4 is 0 Å². The SMILES string of the molecule is C.CCC(C)CC(C)C(C)CC(C)C(C)CCCCCCCC1C=CCCC1.CCC(C)CC(C)C(C)CC(C)C(C)CCCCCCCC1CC=CCC1. The van der Waals surface area contributed by atoms with E-state index in [-0.39, 0.29) is 7.43 Å². The first kappa shape index (κ1) is 54.5. The Bertz CT molecular complexity index is 880. The van der Waals surface area contributed by atoms with Crippen molar-refractivity contribution in [2.45, 2.75) is 257 Å². The second-order valence-corrected chi connectivity index (χ2v) is 20.7. The van der Waals surface area contributed by atoms with E-state index in [2.05, 4.69) is 107 Å². The predicted octanol–water partition coefficient (Wildman–Crippen LogP) is 19.5. The molecule has 2 rings (SSSR count). The van der Waals surface area contributed by atoms with Crippen molar-refractivity contribution in [3.63, 3.8) is 0 Å². The lowest BCUT2D eigenvalue weighted by Crippen LogP contribution is -2.18. The van der Waals surface area contributed by atoms with Crippen LogP contribution < -0.4 is 0 Å². The first-order chi connectivity index (χ1) is 25.9. The summed E-state index contributed by atoms with van der Waals surface area (Å²) in [6, 6.07) is 0. The normalized spacial score (nSPS) is 22.5. The molecule has 12 atom stereocenters. The molecule has 55 heavy (non-hydrogen) atoms. The minimum absolute atomic E-state index is 0. The summed E-state index contributed by atoms with van der Waals surface area (Å²) in [6.45, 7) is 29.5. The quantitative estimate of drug-likeness (QED) is 0.0504. The van der Waals surface area contributed by atoms with Crippen LogP contribution >= 0.6 is 0 Å². The molecule has 0 aromatic carbocycles. The maximum absolute atomic E-state index is 2.51. The molecule has 328 valence electrons. The Morgan fingerprint density at radius 1 is 0.436 bits per heavy atom. The van der Waals surface area contributed by atoms with Crippen LogP contribution in [-0.4, -0.2) is 0 Å². The molecular formula is C55H108. The van der Waals surface area contributed by atoms with E-state index < -0.39 is 0 Å². The maximum Gasteiger partial charge on any atom is -0.0233 e. The van der Waals surface area contributed by atoms with Gasteiger partial charge in [0.05, 0.1) is 0 Å². The Morgan fingerprint density at radius 3 is 1.31 bits per heavy atom. The molecule has 0 aromatic heterocycles. The van der Waals surface area contributed by atoms with E-state index in [4.69, 9.17) is 0 Å². The van der Waals surface area contributed by atoms with Crippen LogP contribution in [0.25, 0.3) is 0 Å². The monoisotopic (exact) mass is 769 g/mol. The molecule has 2 aliphatic rings. The third-order valence-electron chi connectivity index (χ3n) is 15.6. The fourth-order valence-corrected chi connectivity index (χ4v) is 9.81. The fourth-order valence-electron chi connectivity index (χ4n) is 9.81. The zero-order valence-electron chi connectivity index (χ0n) is 39.6. The molecule has 0 saturated carbocycles. The van der Waals surface area contributed by atoms with E-state index in [0.717, 1.165) is 71.0 Å². The zero-order chi connectivity index (χ0) is 40.1. The average Bonchev–Trinajstić information content (AvgIpc) is 3.17. The Balaban J connectivity index is 0.00000104. The molecular weight excluding hydrogens is 661 g/mol. The standard InChI is InChI=1S/2C27H52.CH4/c2*1-7-22(2)20-24(4)26(6)21-25(5)23(3)16-12-9-8-10-13-17-27-18-14-11-15-19-27;/h14,18,22-27H,7-13,15-17,19-21H2,1-6H3;11,14,22-27H,7-10,12-13,15-21H2,1-6H3;1H4. The van der Waals surface area contributed by atoms with Gasteiger partial charge in [-0.3, -0.25) is 0 Å². The van der Waals surface area contributed by atoms with Gasteiger partial charge in [0.25, 0.3) is 0 Å². The summed E-state index contributed by atoms with van der Waals surface area (Å²) in [5.74, 6) is 10.8. The lowest BCUT2D eigenvalue weighted by molar-refractivity contribution is 0.227. The number of hydrogen-bond donors (Lipinski definition) is 0. The molecule has 12 unspecified atom stereocenters. The van der Waals surface area contributed by atoms with E-state index in [9.17, 15) is 0 Å². The van der Waals surface area contributed by atoms with Crippen LogP contribution in [-0.2, 0) is 0 Å². The molecule has 0 nitrogen and oxygen atoms in total. The Hall–Kier alpha value is -0.520. The van der Waals surface area contributed by atoms with E-state index in [1.807, 2.05) is 0 Å². The van der Waals surface area contributed by atoms with Crippen LogP contribution in [0.3, 0.4) is 0 Å². The van der Waals surface area contributed by atoms with Gasteiger partial charge in [0.15, 0.2) is 0 Å². The minimum Gasteiger partial charge on any atom is -0.0885 e. The van der Waals surface area contributed by atoms with Gasteiger partial charge < -0.3 is 0 Å². The van der Waals surface area contributed by atoms with Gasteiger partial charge in [-0.1, -0.05) is 211 Å². The van der Waals surface area contributed by atoms with E-state index in [1.54, 1.807) is 0 Å². The molecule has 0 saturated heterocycles. The van der Waals surface area contributed by atoms with Crippen LogP contribution in [0.4, 0.5) is 0 Å². The topological polar surface area (TPSA) is 0 Å². The highest BCUT2D eigenvalue weighted by Gasteiger charge is 2.22. The molecule has 0 radical (unpaired) electrons. The van der Waals surface area contributed by atoms with Gasteiger partial charge in [-0.2, -0.15) is 0 Å². The summed E-state index contributed by atoms with van der Waals surface area (Å²) in [5.41, 5.74) is 0. The van der Waals surface area contributed by atoms with Crippen molar-refractivity contribution in [3.05, 3.63) is 24.3 Å². The molecule has 0 aliphatic heterocycles. The average molecular weight is 769 g/mol. The third-order valence-corrected chi connectivity index (χ3v) is 15.6. The third kappa shape index (κ3) is 27.7. The zero-order valence-corrected chi connectivity index (χ0v) is 39.6. The van der Waals surface area contributed by atoms with Crippen molar-refractivity contribution in [1.82, 2.24) is 0 Å². The van der Waals surface area contributed by atoms with Crippen molar-refractivity contribution in [2.75, 3.05) is 0 Å². The molecule has 2 aliphatic carbocycles. The van der Waals surface area contributed by atoms with Crippen LogP contribution in [0.1, 0.15) is 257 Å². The first-order valence-electron chi connectivity index (χ1n) is 25.2. The number of hydrogen-bond acceptors (Lipinski definition) is 0. The second kappa shape index (κ2) is 34.4. The second-order valence-electron chi connectivity index (χ2n) is 20.7. The summed E-state index contributed by atoms with van der Waals surface area (Å²) >= 11 is 0. The molecule has 0 heteroatoms. The van der Waals surface area contributed by atoms with E-state index in [0.29, 0.717) is 0 Å². The maximum atomic E-state index is 2.51. The van der Waals surface area contributed by atoms with Gasteiger partial charge >= 0.3 is 0 Å². The Morgan fingerprint density at radius 2 is 0.873 bits per heavy atom. The number of allylic oxidation sites excluding steroid dienone is 4. The smallest absolute Gasteiger partial charge is 0.0233 e. The van der Waals surface area contributed by atoms with E-state index >= 15 is 0 Å². The largest absolute Gasteiger partial charge is 0.0885 e. The first-order valence-corrected chi connectivity index (χ1v) is 25.2. The van der Waals surface area contributed by atoms with E-state index in [1.165, 1.54) is 167 Å². The van der Waals surface area contributed by atoms with Gasteiger partial charge in [0.2, 0.25) is 0 Å². The number of unbranched alkanes of at least 4 members (excludes halogenated alkanes) is 8. The molecule has 0 fully saturated rings. The van der Waals surface area contributed by atoms with Crippen LogP contribution in [0, 0.1) is 71.0 Å². The van der Waals surface area contributed by atoms with Crippen LogP contribution in [0.15, 0.2) is 24.3 Å². The van der Waals surface area contributed by atoms with Crippen molar-refractivity contribution < 1.29 is 0 Å². The molecule has 0 heterocycles. The summed E-state index contributed by atoms with van der Waals surface area (Å²) in [7, 11) is 0. The van der Waals surface area contributed by atoms with Gasteiger partial charge in [0.1, 0.15) is 0 Å². The predicted molar refractivity (Wildman–Crippen MR) is 255 cm³/mol.